The zero-order valence-corrected chi connectivity index (χ0v) is 17.2. The summed E-state index contributed by atoms with van der Waals surface area (Å²) in [6.45, 7) is 7.75. The van der Waals surface area contributed by atoms with E-state index < -0.39 is 5.54 Å². The van der Waals surface area contributed by atoms with Crippen molar-refractivity contribution in [3.63, 3.8) is 0 Å². The minimum Gasteiger partial charge on any atom is -0.449 e. The Kier molecular flexibility index (Phi) is 5.17. The SMILES string of the molecule is CC(=O)N[C@@]12CN(Cc3coc(C)n3)CC[C@@H]1[C@@H](c1ccccc1)N(C(C)=O)C2. The number of aromatic nitrogens is 1. The van der Waals surface area contributed by atoms with Gasteiger partial charge in [-0.25, -0.2) is 4.98 Å². The Morgan fingerprint density at radius 1 is 1.24 bits per heavy atom. The first-order valence-electron chi connectivity index (χ1n) is 10.1. The molecule has 2 amide bonds. The lowest BCUT2D eigenvalue weighted by molar-refractivity contribution is -0.130. The van der Waals surface area contributed by atoms with Crippen molar-refractivity contribution in [1.82, 2.24) is 20.1 Å². The molecule has 7 nitrogen and oxygen atoms in total. The van der Waals surface area contributed by atoms with E-state index in [2.05, 4.69) is 27.3 Å². The van der Waals surface area contributed by atoms with E-state index in [0.29, 0.717) is 25.5 Å². The van der Waals surface area contributed by atoms with Crippen molar-refractivity contribution in [1.29, 1.82) is 0 Å². The first-order valence-corrected chi connectivity index (χ1v) is 10.1. The highest BCUT2D eigenvalue weighted by Gasteiger charge is 2.56. The second-order valence-corrected chi connectivity index (χ2v) is 8.30. The Hall–Kier alpha value is -2.67. The standard InChI is InChI=1S/C22H28N4O3/c1-15(27)24-22-13-25(11-19-12-29-16(2)23-19)10-9-20(22)21(26(14-22)17(3)28)18-7-5-4-6-8-18/h4-8,12,20-21H,9-11,13-14H2,1-3H3,(H,24,27)/t20-,21-,22-/m1/s1. The summed E-state index contributed by atoms with van der Waals surface area (Å²) in [6, 6.07) is 10.1. The van der Waals surface area contributed by atoms with E-state index >= 15 is 0 Å². The van der Waals surface area contributed by atoms with Gasteiger partial charge in [0.1, 0.15) is 6.26 Å². The summed E-state index contributed by atoms with van der Waals surface area (Å²) in [6.07, 6.45) is 2.58. The van der Waals surface area contributed by atoms with Crippen LogP contribution in [-0.4, -0.2) is 51.8 Å². The normalized spacial score (nSPS) is 26.9. The van der Waals surface area contributed by atoms with Gasteiger partial charge in [0.25, 0.3) is 0 Å². The van der Waals surface area contributed by atoms with Gasteiger partial charge in [0, 0.05) is 46.3 Å². The van der Waals surface area contributed by atoms with Crippen LogP contribution in [-0.2, 0) is 16.1 Å². The lowest BCUT2D eigenvalue weighted by atomic mass is 9.75. The van der Waals surface area contributed by atoms with Crippen molar-refractivity contribution in [2.75, 3.05) is 19.6 Å². The van der Waals surface area contributed by atoms with E-state index in [9.17, 15) is 9.59 Å². The number of carbonyl (C=O) groups excluding carboxylic acids is 2. The molecule has 3 heterocycles. The van der Waals surface area contributed by atoms with E-state index in [4.69, 9.17) is 4.42 Å². The second-order valence-electron chi connectivity index (χ2n) is 8.30. The molecule has 2 aliphatic rings. The van der Waals surface area contributed by atoms with Crippen LogP contribution in [0.15, 0.2) is 41.0 Å². The molecule has 29 heavy (non-hydrogen) atoms. The molecule has 7 heteroatoms. The van der Waals surface area contributed by atoms with Gasteiger partial charge in [0.2, 0.25) is 11.8 Å². The highest BCUT2D eigenvalue weighted by atomic mass is 16.3. The van der Waals surface area contributed by atoms with Gasteiger partial charge in [0.05, 0.1) is 17.3 Å². The molecule has 2 aliphatic heterocycles. The number of aryl methyl sites for hydroxylation is 1. The molecule has 2 saturated heterocycles. The summed E-state index contributed by atoms with van der Waals surface area (Å²) in [5.41, 5.74) is 1.54. The van der Waals surface area contributed by atoms with Gasteiger partial charge in [-0.2, -0.15) is 0 Å². The molecule has 2 aromatic rings. The second kappa shape index (κ2) is 7.63. The molecule has 1 N–H and O–H groups in total. The number of likely N-dealkylation sites (tertiary alicyclic amines) is 2. The number of oxazole rings is 1. The van der Waals surface area contributed by atoms with Crippen LogP contribution < -0.4 is 5.32 Å². The molecule has 0 aliphatic carbocycles. The Labute approximate surface area is 171 Å². The number of amides is 2. The van der Waals surface area contributed by atoms with Crippen LogP contribution in [0.3, 0.4) is 0 Å². The molecule has 1 aromatic carbocycles. The van der Waals surface area contributed by atoms with Crippen LogP contribution in [0.2, 0.25) is 0 Å². The van der Waals surface area contributed by atoms with Gasteiger partial charge < -0.3 is 14.6 Å². The monoisotopic (exact) mass is 396 g/mol. The molecule has 0 bridgehead atoms. The highest BCUT2D eigenvalue weighted by Crippen LogP contribution is 2.47. The van der Waals surface area contributed by atoms with E-state index in [1.807, 2.05) is 30.0 Å². The maximum absolute atomic E-state index is 12.6. The Morgan fingerprint density at radius 3 is 2.62 bits per heavy atom. The minimum atomic E-state index is -0.477. The lowest BCUT2D eigenvalue weighted by Crippen LogP contribution is -2.63. The number of hydrogen-bond acceptors (Lipinski definition) is 5. The van der Waals surface area contributed by atoms with E-state index in [0.717, 1.165) is 24.2 Å². The van der Waals surface area contributed by atoms with Crippen LogP contribution in [0.1, 0.15) is 43.5 Å². The quantitative estimate of drug-likeness (QED) is 0.858. The summed E-state index contributed by atoms with van der Waals surface area (Å²) in [5, 5.41) is 3.24. The maximum atomic E-state index is 12.6. The fourth-order valence-corrected chi connectivity index (χ4v) is 5.18. The fraction of sp³-hybridized carbons (Fsp3) is 0.500. The van der Waals surface area contributed by atoms with Crippen molar-refractivity contribution >= 4 is 11.8 Å². The number of benzene rings is 1. The maximum Gasteiger partial charge on any atom is 0.220 e. The summed E-state index contributed by atoms with van der Waals surface area (Å²) >= 11 is 0. The van der Waals surface area contributed by atoms with Gasteiger partial charge in [-0.3, -0.25) is 14.5 Å². The van der Waals surface area contributed by atoms with Crippen LogP contribution in [0.4, 0.5) is 0 Å². The van der Waals surface area contributed by atoms with Crippen LogP contribution in [0.5, 0.6) is 0 Å². The number of fused-ring (bicyclic) bond motifs is 1. The predicted molar refractivity (Wildman–Crippen MR) is 108 cm³/mol. The average Bonchev–Trinajstić information content (AvgIpc) is 3.22. The molecule has 4 rings (SSSR count). The van der Waals surface area contributed by atoms with E-state index in [-0.39, 0.29) is 23.8 Å². The van der Waals surface area contributed by atoms with Crippen molar-refractivity contribution < 1.29 is 14.0 Å². The van der Waals surface area contributed by atoms with Gasteiger partial charge in [0.15, 0.2) is 5.89 Å². The molecule has 0 radical (unpaired) electrons. The Bertz CT molecular complexity index is 896. The van der Waals surface area contributed by atoms with Crippen molar-refractivity contribution in [2.45, 2.75) is 45.3 Å². The minimum absolute atomic E-state index is 0.0306. The number of hydrogen-bond donors (Lipinski definition) is 1. The van der Waals surface area contributed by atoms with Gasteiger partial charge >= 0.3 is 0 Å². The smallest absolute Gasteiger partial charge is 0.220 e. The third-order valence-electron chi connectivity index (χ3n) is 6.16. The third kappa shape index (κ3) is 3.79. The zero-order chi connectivity index (χ0) is 20.6. The van der Waals surface area contributed by atoms with E-state index in [1.54, 1.807) is 20.1 Å². The molecule has 154 valence electrons. The summed E-state index contributed by atoms with van der Waals surface area (Å²) in [5.74, 6) is 0.787. The number of nitrogens with zero attached hydrogens (tertiary/aromatic N) is 3. The summed E-state index contributed by atoms with van der Waals surface area (Å²) in [4.78, 5) is 33.4. The molecular weight excluding hydrogens is 368 g/mol. The average molecular weight is 396 g/mol. The number of piperidine rings is 1. The number of nitrogens with one attached hydrogen (secondary N) is 1. The summed E-state index contributed by atoms with van der Waals surface area (Å²) < 4.78 is 5.35. The van der Waals surface area contributed by atoms with Gasteiger partial charge in [-0.05, 0) is 18.5 Å². The molecule has 0 unspecified atom stereocenters. The highest BCUT2D eigenvalue weighted by molar-refractivity contribution is 5.77. The van der Waals surface area contributed by atoms with Crippen molar-refractivity contribution in [3.05, 3.63) is 53.7 Å². The van der Waals surface area contributed by atoms with Crippen molar-refractivity contribution in [3.8, 4) is 0 Å². The Morgan fingerprint density at radius 2 is 2.00 bits per heavy atom. The fourth-order valence-electron chi connectivity index (χ4n) is 5.18. The van der Waals surface area contributed by atoms with Crippen LogP contribution >= 0.6 is 0 Å². The van der Waals surface area contributed by atoms with Crippen LogP contribution in [0.25, 0.3) is 0 Å². The molecule has 3 atom stereocenters. The predicted octanol–water partition coefficient (Wildman–Crippen LogP) is 2.28. The van der Waals surface area contributed by atoms with Crippen molar-refractivity contribution in [2.24, 2.45) is 5.92 Å². The van der Waals surface area contributed by atoms with Gasteiger partial charge in [-0.15, -0.1) is 0 Å². The first kappa shape index (κ1) is 19.6. The Balaban J connectivity index is 1.66. The largest absolute Gasteiger partial charge is 0.449 e. The van der Waals surface area contributed by atoms with E-state index in [1.165, 1.54) is 0 Å². The molecule has 1 aromatic heterocycles. The molecule has 0 spiro atoms. The molecule has 2 fully saturated rings. The molecule has 0 saturated carbocycles. The summed E-state index contributed by atoms with van der Waals surface area (Å²) in [7, 11) is 0. The van der Waals surface area contributed by atoms with Crippen LogP contribution in [0, 0.1) is 12.8 Å². The van der Waals surface area contributed by atoms with Gasteiger partial charge in [-0.1, -0.05) is 30.3 Å². The first-order chi connectivity index (χ1) is 13.9. The molecular formula is C22H28N4O3. The lowest BCUT2D eigenvalue weighted by Gasteiger charge is -2.45. The number of rotatable bonds is 4. The topological polar surface area (TPSA) is 78.7 Å². The zero-order valence-electron chi connectivity index (χ0n) is 17.2. The number of carbonyl (C=O) groups is 2. The third-order valence-corrected chi connectivity index (χ3v) is 6.16.